The van der Waals surface area contributed by atoms with Crippen molar-refractivity contribution in [1.29, 1.82) is 0 Å². The van der Waals surface area contributed by atoms with Crippen LogP contribution in [0, 0.1) is 5.92 Å². The monoisotopic (exact) mass is 269 g/mol. The Balaban J connectivity index is 2.34. The van der Waals surface area contributed by atoms with Gasteiger partial charge in [0.15, 0.2) is 0 Å². The van der Waals surface area contributed by atoms with Crippen LogP contribution in [0.3, 0.4) is 0 Å². The molecule has 2 unspecified atom stereocenters. The molecule has 0 aliphatic carbocycles. The lowest BCUT2D eigenvalue weighted by Crippen LogP contribution is -2.50. The van der Waals surface area contributed by atoms with Crippen molar-refractivity contribution in [3.05, 3.63) is 0 Å². The van der Waals surface area contributed by atoms with Gasteiger partial charge in [-0.15, -0.1) is 0 Å². The highest BCUT2D eigenvalue weighted by Crippen LogP contribution is 2.22. The first kappa shape index (κ1) is 16.4. The second kappa shape index (κ2) is 8.54. The van der Waals surface area contributed by atoms with Crippen LogP contribution in [0.25, 0.3) is 0 Å². The van der Waals surface area contributed by atoms with E-state index < -0.39 is 0 Å². The zero-order valence-electron chi connectivity index (χ0n) is 13.0. The van der Waals surface area contributed by atoms with E-state index in [1.54, 1.807) is 0 Å². The summed E-state index contributed by atoms with van der Waals surface area (Å²) in [4.78, 5) is 14.3. The molecule has 0 spiro atoms. The lowest BCUT2D eigenvalue weighted by molar-refractivity contribution is -0.126. The largest absolute Gasteiger partial charge is 0.355 e. The fourth-order valence-electron chi connectivity index (χ4n) is 2.86. The molecular formula is C15H31N3O. The van der Waals surface area contributed by atoms with E-state index in [-0.39, 0.29) is 11.9 Å². The summed E-state index contributed by atoms with van der Waals surface area (Å²) in [5.41, 5.74) is 0. The Morgan fingerprint density at radius 3 is 2.42 bits per heavy atom. The molecular weight excluding hydrogens is 238 g/mol. The van der Waals surface area contributed by atoms with Crippen LogP contribution in [0.5, 0.6) is 0 Å². The SMILES string of the molecule is CCCNC(=O)C(C)N1CCC(C(C)NCC)CC1. The number of likely N-dealkylation sites (tertiary alicyclic amines) is 1. The molecule has 1 fully saturated rings. The summed E-state index contributed by atoms with van der Waals surface area (Å²) in [6, 6.07) is 0.610. The second-order valence-corrected chi connectivity index (χ2v) is 5.69. The van der Waals surface area contributed by atoms with Crippen molar-refractivity contribution in [2.24, 2.45) is 5.92 Å². The molecule has 2 atom stereocenters. The average molecular weight is 269 g/mol. The minimum absolute atomic E-state index is 0.0157. The highest BCUT2D eigenvalue weighted by molar-refractivity contribution is 5.81. The van der Waals surface area contributed by atoms with Crippen LogP contribution in [0.2, 0.25) is 0 Å². The third-order valence-corrected chi connectivity index (χ3v) is 4.28. The topological polar surface area (TPSA) is 44.4 Å². The zero-order valence-corrected chi connectivity index (χ0v) is 13.0. The van der Waals surface area contributed by atoms with Crippen molar-refractivity contribution in [2.45, 2.75) is 59.0 Å². The number of hydrogen-bond acceptors (Lipinski definition) is 3. The third kappa shape index (κ3) is 5.11. The molecule has 0 bridgehead atoms. The molecule has 1 aliphatic rings. The number of nitrogens with one attached hydrogen (secondary N) is 2. The fraction of sp³-hybridized carbons (Fsp3) is 0.933. The summed E-state index contributed by atoms with van der Waals surface area (Å²) in [6.07, 6.45) is 3.39. The Kier molecular flexibility index (Phi) is 7.39. The fourth-order valence-corrected chi connectivity index (χ4v) is 2.86. The van der Waals surface area contributed by atoms with Gasteiger partial charge in [0.1, 0.15) is 0 Å². The molecule has 1 saturated heterocycles. The van der Waals surface area contributed by atoms with Gasteiger partial charge in [0, 0.05) is 12.6 Å². The standard InChI is InChI=1S/C15H31N3O/c1-5-9-17-15(19)13(4)18-10-7-14(8-11-18)12(3)16-6-2/h12-14,16H,5-11H2,1-4H3,(H,17,19). The first-order valence-corrected chi connectivity index (χ1v) is 7.85. The maximum Gasteiger partial charge on any atom is 0.237 e. The Labute approximate surface area is 118 Å². The summed E-state index contributed by atoms with van der Waals surface area (Å²) in [7, 11) is 0. The van der Waals surface area contributed by atoms with Crippen molar-refractivity contribution in [1.82, 2.24) is 15.5 Å². The third-order valence-electron chi connectivity index (χ3n) is 4.28. The van der Waals surface area contributed by atoms with E-state index in [0.717, 1.165) is 38.5 Å². The first-order valence-electron chi connectivity index (χ1n) is 7.85. The van der Waals surface area contributed by atoms with Gasteiger partial charge in [0.05, 0.1) is 6.04 Å². The van der Waals surface area contributed by atoms with Gasteiger partial charge in [0.2, 0.25) is 5.91 Å². The maximum atomic E-state index is 12.0. The van der Waals surface area contributed by atoms with Crippen LogP contribution >= 0.6 is 0 Å². The van der Waals surface area contributed by atoms with E-state index in [1.807, 2.05) is 6.92 Å². The number of carbonyl (C=O) groups is 1. The van der Waals surface area contributed by atoms with E-state index in [9.17, 15) is 4.79 Å². The predicted molar refractivity (Wildman–Crippen MR) is 80.2 cm³/mol. The van der Waals surface area contributed by atoms with Gasteiger partial charge in [-0.1, -0.05) is 13.8 Å². The second-order valence-electron chi connectivity index (χ2n) is 5.69. The van der Waals surface area contributed by atoms with Crippen molar-refractivity contribution in [2.75, 3.05) is 26.2 Å². The van der Waals surface area contributed by atoms with Gasteiger partial charge >= 0.3 is 0 Å². The number of rotatable bonds is 7. The molecule has 1 heterocycles. The summed E-state index contributed by atoms with van der Waals surface area (Å²) < 4.78 is 0. The summed E-state index contributed by atoms with van der Waals surface area (Å²) in [6.45, 7) is 12.5. The number of amides is 1. The van der Waals surface area contributed by atoms with Gasteiger partial charge in [-0.3, -0.25) is 9.69 Å². The molecule has 112 valence electrons. The molecule has 0 aromatic carbocycles. The van der Waals surface area contributed by atoms with Crippen molar-refractivity contribution in [3.63, 3.8) is 0 Å². The smallest absolute Gasteiger partial charge is 0.237 e. The van der Waals surface area contributed by atoms with E-state index in [1.165, 1.54) is 12.8 Å². The van der Waals surface area contributed by atoms with Gasteiger partial charge in [0.25, 0.3) is 0 Å². The maximum absolute atomic E-state index is 12.0. The van der Waals surface area contributed by atoms with Gasteiger partial charge in [-0.2, -0.15) is 0 Å². The zero-order chi connectivity index (χ0) is 14.3. The molecule has 1 aliphatic heterocycles. The highest BCUT2D eigenvalue weighted by Gasteiger charge is 2.28. The molecule has 0 aromatic heterocycles. The van der Waals surface area contributed by atoms with E-state index in [2.05, 4.69) is 36.3 Å². The van der Waals surface area contributed by atoms with Gasteiger partial charge < -0.3 is 10.6 Å². The van der Waals surface area contributed by atoms with E-state index in [4.69, 9.17) is 0 Å². The first-order chi connectivity index (χ1) is 9.10. The number of carbonyl (C=O) groups excluding carboxylic acids is 1. The van der Waals surface area contributed by atoms with Crippen LogP contribution in [0.4, 0.5) is 0 Å². The summed E-state index contributed by atoms with van der Waals surface area (Å²) in [5, 5.41) is 6.50. The number of hydrogen-bond donors (Lipinski definition) is 2. The molecule has 19 heavy (non-hydrogen) atoms. The molecule has 1 amide bonds. The van der Waals surface area contributed by atoms with Crippen LogP contribution in [0.15, 0.2) is 0 Å². The van der Waals surface area contributed by atoms with Crippen molar-refractivity contribution >= 4 is 5.91 Å². The lowest BCUT2D eigenvalue weighted by atomic mass is 9.89. The molecule has 0 aromatic rings. The average Bonchev–Trinajstić information content (AvgIpc) is 2.44. The molecule has 4 heteroatoms. The van der Waals surface area contributed by atoms with Crippen LogP contribution in [-0.2, 0) is 4.79 Å². The van der Waals surface area contributed by atoms with E-state index in [0.29, 0.717) is 6.04 Å². The molecule has 2 N–H and O–H groups in total. The van der Waals surface area contributed by atoms with Gasteiger partial charge in [-0.25, -0.2) is 0 Å². The Bertz CT molecular complexity index is 262. The normalized spacial score (nSPS) is 21.1. The quantitative estimate of drug-likeness (QED) is 0.738. The van der Waals surface area contributed by atoms with Gasteiger partial charge in [-0.05, 0) is 58.7 Å². The van der Waals surface area contributed by atoms with Crippen molar-refractivity contribution < 1.29 is 4.79 Å². The Morgan fingerprint density at radius 2 is 1.89 bits per heavy atom. The summed E-state index contributed by atoms with van der Waals surface area (Å²) in [5.74, 6) is 0.933. The van der Waals surface area contributed by atoms with Crippen molar-refractivity contribution in [3.8, 4) is 0 Å². The Hall–Kier alpha value is -0.610. The lowest BCUT2D eigenvalue weighted by Gasteiger charge is -2.37. The predicted octanol–water partition coefficient (Wildman–Crippen LogP) is 1.61. The molecule has 4 nitrogen and oxygen atoms in total. The Morgan fingerprint density at radius 1 is 1.26 bits per heavy atom. The molecule has 0 radical (unpaired) electrons. The van der Waals surface area contributed by atoms with Crippen LogP contribution in [0.1, 0.15) is 47.0 Å². The number of piperidine rings is 1. The highest BCUT2D eigenvalue weighted by atomic mass is 16.2. The minimum Gasteiger partial charge on any atom is -0.355 e. The van der Waals surface area contributed by atoms with Crippen LogP contribution < -0.4 is 10.6 Å². The minimum atomic E-state index is 0.0157. The molecule has 1 rings (SSSR count). The number of nitrogens with zero attached hydrogens (tertiary/aromatic N) is 1. The molecule has 0 saturated carbocycles. The van der Waals surface area contributed by atoms with E-state index >= 15 is 0 Å². The van der Waals surface area contributed by atoms with Crippen LogP contribution in [-0.4, -0.2) is 49.1 Å². The summed E-state index contributed by atoms with van der Waals surface area (Å²) >= 11 is 0.